The molecule has 27 heavy (non-hydrogen) atoms. The topological polar surface area (TPSA) is 94.3 Å². The van der Waals surface area contributed by atoms with Crippen molar-refractivity contribution in [1.82, 2.24) is 15.5 Å². The summed E-state index contributed by atoms with van der Waals surface area (Å²) in [6.45, 7) is 2.29. The summed E-state index contributed by atoms with van der Waals surface area (Å²) in [6, 6.07) is 9.45. The summed E-state index contributed by atoms with van der Waals surface area (Å²) >= 11 is 1.46. The van der Waals surface area contributed by atoms with Gasteiger partial charge in [-0.25, -0.2) is 0 Å². The van der Waals surface area contributed by atoms with Crippen LogP contribution in [0.4, 0.5) is 0 Å². The van der Waals surface area contributed by atoms with E-state index in [1.165, 1.54) is 11.3 Å². The second kappa shape index (κ2) is 9.09. The molecule has 0 bridgehead atoms. The molecule has 0 saturated carbocycles. The average molecular weight is 385 g/mol. The van der Waals surface area contributed by atoms with Crippen LogP contribution < -0.4 is 5.32 Å². The van der Waals surface area contributed by atoms with Crippen molar-refractivity contribution in [3.05, 3.63) is 58.1 Å². The maximum atomic E-state index is 11.8. The zero-order chi connectivity index (χ0) is 19.1. The summed E-state index contributed by atoms with van der Waals surface area (Å²) in [4.78, 5) is 27.8. The largest absolute Gasteiger partial charge is 0.456 e. The minimum Gasteiger partial charge on any atom is -0.456 e. The average Bonchev–Trinajstić information content (AvgIpc) is 3.35. The van der Waals surface area contributed by atoms with Gasteiger partial charge in [-0.1, -0.05) is 29.4 Å². The fourth-order valence-electron chi connectivity index (χ4n) is 2.39. The summed E-state index contributed by atoms with van der Waals surface area (Å²) < 4.78 is 10.3. The molecule has 140 valence electrons. The molecule has 1 aromatic carbocycles. The first kappa shape index (κ1) is 18.8. The fraction of sp³-hybridized carbons (Fsp3) is 0.263. The molecule has 0 atom stereocenters. The van der Waals surface area contributed by atoms with Gasteiger partial charge in [0, 0.05) is 29.5 Å². The van der Waals surface area contributed by atoms with Crippen molar-refractivity contribution in [2.45, 2.75) is 26.4 Å². The van der Waals surface area contributed by atoms with E-state index in [1.54, 1.807) is 11.4 Å². The third kappa shape index (κ3) is 5.24. The number of benzene rings is 1. The number of aromatic nitrogens is 2. The van der Waals surface area contributed by atoms with Crippen LogP contribution in [0.5, 0.6) is 0 Å². The molecule has 1 amide bonds. The maximum Gasteiger partial charge on any atom is 0.306 e. The summed E-state index contributed by atoms with van der Waals surface area (Å²) in [7, 11) is 0. The van der Waals surface area contributed by atoms with Gasteiger partial charge in [-0.2, -0.15) is 16.3 Å². The monoisotopic (exact) mass is 385 g/mol. The minimum absolute atomic E-state index is 0.0705. The van der Waals surface area contributed by atoms with Gasteiger partial charge < -0.3 is 14.6 Å². The Labute approximate surface area is 160 Å². The second-order valence-corrected chi connectivity index (χ2v) is 6.64. The van der Waals surface area contributed by atoms with Crippen LogP contribution in [-0.2, 0) is 16.1 Å². The number of thiophene rings is 1. The van der Waals surface area contributed by atoms with Crippen LogP contribution in [0.1, 0.15) is 34.7 Å². The molecular weight excluding hydrogens is 366 g/mol. The highest BCUT2D eigenvalue weighted by atomic mass is 32.1. The highest BCUT2D eigenvalue weighted by molar-refractivity contribution is 7.08. The van der Waals surface area contributed by atoms with Crippen LogP contribution in [-0.4, -0.2) is 28.6 Å². The van der Waals surface area contributed by atoms with Crippen molar-refractivity contribution < 1.29 is 18.8 Å². The predicted octanol–water partition coefficient (Wildman–Crippen LogP) is 3.36. The Bertz CT molecular complexity index is 905. The Kier molecular flexibility index (Phi) is 6.32. The van der Waals surface area contributed by atoms with Gasteiger partial charge in [0.05, 0.1) is 0 Å². The number of nitrogens with one attached hydrogen (secondary N) is 1. The van der Waals surface area contributed by atoms with E-state index in [0.717, 1.165) is 11.1 Å². The quantitative estimate of drug-likeness (QED) is 0.472. The van der Waals surface area contributed by atoms with Crippen molar-refractivity contribution in [2.24, 2.45) is 0 Å². The molecule has 1 N–H and O–H groups in total. The van der Waals surface area contributed by atoms with Crippen molar-refractivity contribution >= 4 is 23.2 Å². The predicted molar refractivity (Wildman–Crippen MR) is 100 cm³/mol. The summed E-state index contributed by atoms with van der Waals surface area (Å²) in [5, 5.41) is 10.3. The van der Waals surface area contributed by atoms with Gasteiger partial charge >= 0.3 is 5.97 Å². The molecule has 0 aliphatic carbocycles. The SMILES string of the molecule is Cc1ccccc1-c1noc(COC(=O)CCCNC(=O)c2ccsc2)n1. The van der Waals surface area contributed by atoms with E-state index in [4.69, 9.17) is 9.26 Å². The first-order valence-corrected chi connectivity index (χ1v) is 9.42. The molecule has 8 heteroatoms. The molecule has 7 nitrogen and oxygen atoms in total. The highest BCUT2D eigenvalue weighted by Crippen LogP contribution is 2.19. The molecule has 0 radical (unpaired) electrons. The van der Waals surface area contributed by atoms with Gasteiger partial charge in [0.1, 0.15) is 0 Å². The molecule has 2 heterocycles. The molecular formula is C19H19N3O4S. The lowest BCUT2D eigenvalue weighted by Gasteiger charge is -2.04. The normalized spacial score (nSPS) is 10.6. The van der Waals surface area contributed by atoms with Crippen molar-refractivity contribution in [3.8, 4) is 11.4 Å². The number of nitrogens with zero attached hydrogens (tertiary/aromatic N) is 2. The number of esters is 1. The van der Waals surface area contributed by atoms with E-state index < -0.39 is 0 Å². The van der Waals surface area contributed by atoms with Crippen LogP contribution in [0.25, 0.3) is 11.4 Å². The zero-order valence-electron chi connectivity index (χ0n) is 14.8. The third-order valence-electron chi connectivity index (χ3n) is 3.84. The van der Waals surface area contributed by atoms with Gasteiger partial charge in [0.25, 0.3) is 11.8 Å². The molecule has 0 aliphatic rings. The van der Waals surface area contributed by atoms with E-state index in [0.29, 0.717) is 24.4 Å². The van der Waals surface area contributed by atoms with Crippen LogP contribution in [0.15, 0.2) is 45.6 Å². The first-order chi connectivity index (χ1) is 13.1. The van der Waals surface area contributed by atoms with E-state index in [1.807, 2.05) is 36.6 Å². The molecule has 3 aromatic rings. The molecule has 0 aliphatic heterocycles. The molecule has 0 fully saturated rings. The van der Waals surface area contributed by atoms with Gasteiger partial charge in [0.2, 0.25) is 5.82 Å². The van der Waals surface area contributed by atoms with Crippen LogP contribution in [0.2, 0.25) is 0 Å². The van der Waals surface area contributed by atoms with Crippen LogP contribution >= 0.6 is 11.3 Å². The number of rotatable bonds is 8. The molecule has 0 saturated heterocycles. The third-order valence-corrected chi connectivity index (χ3v) is 4.52. The van der Waals surface area contributed by atoms with Gasteiger partial charge in [-0.05, 0) is 30.4 Å². The lowest BCUT2D eigenvalue weighted by Crippen LogP contribution is -2.24. The smallest absolute Gasteiger partial charge is 0.306 e. The Morgan fingerprint density at radius 2 is 2.11 bits per heavy atom. The van der Waals surface area contributed by atoms with Gasteiger partial charge in [0.15, 0.2) is 6.61 Å². The number of hydrogen-bond acceptors (Lipinski definition) is 7. The lowest BCUT2D eigenvalue weighted by molar-refractivity contribution is -0.145. The number of amides is 1. The first-order valence-electron chi connectivity index (χ1n) is 8.48. The number of carbonyl (C=O) groups excluding carboxylic acids is 2. The van der Waals surface area contributed by atoms with Crippen molar-refractivity contribution in [2.75, 3.05) is 6.54 Å². The highest BCUT2D eigenvalue weighted by Gasteiger charge is 2.12. The van der Waals surface area contributed by atoms with E-state index in [2.05, 4.69) is 15.5 Å². The van der Waals surface area contributed by atoms with Crippen LogP contribution in [0.3, 0.4) is 0 Å². The maximum absolute atomic E-state index is 11.8. The Morgan fingerprint density at radius 3 is 2.89 bits per heavy atom. The number of carbonyl (C=O) groups is 2. The van der Waals surface area contributed by atoms with Gasteiger partial charge in [-0.3, -0.25) is 9.59 Å². The van der Waals surface area contributed by atoms with E-state index in [9.17, 15) is 9.59 Å². The summed E-state index contributed by atoms with van der Waals surface area (Å²) in [6.07, 6.45) is 0.690. The Morgan fingerprint density at radius 1 is 1.26 bits per heavy atom. The summed E-state index contributed by atoms with van der Waals surface area (Å²) in [5.41, 5.74) is 2.54. The van der Waals surface area contributed by atoms with E-state index in [-0.39, 0.29) is 30.8 Å². The molecule has 0 spiro atoms. The molecule has 3 rings (SSSR count). The second-order valence-electron chi connectivity index (χ2n) is 5.86. The van der Waals surface area contributed by atoms with Crippen molar-refractivity contribution in [3.63, 3.8) is 0 Å². The fourth-order valence-corrected chi connectivity index (χ4v) is 3.03. The number of ether oxygens (including phenoxy) is 1. The Balaban J connectivity index is 1.38. The summed E-state index contributed by atoms with van der Waals surface area (Å²) in [5.74, 6) is 0.192. The lowest BCUT2D eigenvalue weighted by atomic mass is 10.1. The minimum atomic E-state index is -0.379. The standard InChI is InChI=1S/C19H19N3O4S/c1-13-5-2-3-6-15(13)18-21-16(26-22-18)11-25-17(23)7-4-9-20-19(24)14-8-10-27-12-14/h2-3,5-6,8,10,12H,4,7,9,11H2,1H3,(H,20,24). The number of aryl methyl sites for hydroxylation is 1. The van der Waals surface area contributed by atoms with E-state index >= 15 is 0 Å². The zero-order valence-corrected chi connectivity index (χ0v) is 15.6. The van der Waals surface area contributed by atoms with Gasteiger partial charge in [-0.15, -0.1) is 0 Å². The number of hydrogen-bond donors (Lipinski definition) is 1. The molecule has 0 unspecified atom stereocenters. The van der Waals surface area contributed by atoms with Crippen LogP contribution in [0, 0.1) is 6.92 Å². The van der Waals surface area contributed by atoms with Crippen molar-refractivity contribution in [1.29, 1.82) is 0 Å². The Hall–Kier alpha value is -3.00. The molecule has 2 aromatic heterocycles.